The summed E-state index contributed by atoms with van der Waals surface area (Å²) < 4.78 is 19.0. The second kappa shape index (κ2) is 3.45. The van der Waals surface area contributed by atoms with Crippen LogP contribution in [0.25, 0.3) is 5.69 Å². The van der Waals surface area contributed by atoms with Gasteiger partial charge in [-0.2, -0.15) is 5.10 Å². The predicted octanol–water partition coefficient (Wildman–Crippen LogP) is 1.41. The van der Waals surface area contributed by atoms with E-state index in [2.05, 4.69) is 10.1 Å². The highest BCUT2D eigenvalue weighted by atomic mass is 19.1. The summed E-state index contributed by atoms with van der Waals surface area (Å²) in [6.45, 7) is 0. The number of nitrogens with zero attached hydrogens (tertiary/aromatic N) is 3. The monoisotopic (exact) mass is 193 g/mol. The van der Waals surface area contributed by atoms with Crippen molar-refractivity contribution in [3.05, 3.63) is 36.5 Å². The molecule has 2 rings (SSSR count). The number of halogens is 1. The van der Waals surface area contributed by atoms with E-state index in [-0.39, 0.29) is 5.82 Å². The second-order valence-electron chi connectivity index (χ2n) is 2.66. The number of hydrogen-bond donors (Lipinski definition) is 0. The minimum atomic E-state index is -0.374. The van der Waals surface area contributed by atoms with Crippen molar-refractivity contribution in [3.63, 3.8) is 0 Å². The molecule has 0 aromatic carbocycles. The molecule has 14 heavy (non-hydrogen) atoms. The van der Waals surface area contributed by atoms with E-state index < -0.39 is 0 Å². The quantitative estimate of drug-likeness (QED) is 0.724. The first-order valence-electron chi connectivity index (χ1n) is 4.00. The second-order valence-corrected chi connectivity index (χ2v) is 2.66. The van der Waals surface area contributed by atoms with Crippen LogP contribution in [-0.4, -0.2) is 21.9 Å². The molecule has 2 aromatic rings. The molecular formula is C9H8FN3O. The summed E-state index contributed by atoms with van der Waals surface area (Å²) in [4.78, 5) is 3.93. The van der Waals surface area contributed by atoms with E-state index in [1.807, 2.05) is 0 Å². The van der Waals surface area contributed by atoms with Gasteiger partial charge in [0.25, 0.3) is 0 Å². The molecule has 0 aliphatic carbocycles. The lowest BCUT2D eigenvalue weighted by Gasteiger charge is -2.02. The lowest BCUT2D eigenvalue weighted by molar-refractivity contribution is 0.397. The minimum absolute atomic E-state index is 0.374. The van der Waals surface area contributed by atoms with E-state index in [0.717, 1.165) is 6.20 Å². The van der Waals surface area contributed by atoms with E-state index in [1.165, 1.54) is 18.0 Å². The number of methoxy groups -OCH3 is 1. The third-order valence-electron chi connectivity index (χ3n) is 1.74. The van der Waals surface area contributed by atoms with Crippen molar-refractivity contribution < 1.29 is 9.13 Å². The highest BCUT2D eigenvalue weighted by Gasteiger charge is 2.01. The Kier molecular flexibility index (Phi) is 2.14. The Morgan fingerprint density at radius 3 is 3.00 bits per heavy atom. The van der Waals surface area contributed by atoms with Gasteiger partial charge >= 0.3 is 0 Å². The van der Waals surface area contributed by atoms with E-state index in [9.17, 15) is 4.39 Å². The van der Waals surface area contributed by atoms with Crippen LogP contribution in [0.3, 0.4) is 0 Å². The lowest BCUT2D eigenvalue weighted by Crippen LogP contribution is -1.96. The Labute approximate surface area is 80.0 Å². The summed E-state index contributed by atoms with van der Waals surface area (Å²) in [6.07, 6.45) is 4.01. The van der Waals surface area contributed by atoms with Crippen molar-refractivity contribution in [2.45, 2.75) is 0 Å². The van der Waals surface area contributed by atoms with Gasteiger partial charge < -0.3 is 4.74 Å². The van der Waals surface area contributed by atoms with E-state index >= 15 is 0 Å². The molecule has 2 aromatic heterocycles. The van der Waals surface area contributed by atoms with Gasteiger partial charge in [-0.05, 0) is 6.07 Å². The van der Waals surface area contributed by atoms with Crippen LogP contribution in [0.4, 0.5) is 4.39 Å². The summed E-state index contributed by atoms with van der Waals surface area (Å²) in [5, 5.41) is 3.82. The largest absolute Gasteiger partial charge is 0.481 e. The molecular weight excluding hydrogens is 185 g/mol. The van der Waals surface area contributed by atoms with Crippen LogP contribution in [0.15, 0.2) is 30.7 Å². The normalized spacial score (nSPS) is 10.1. The van der Waals surface area contributed by atoms with Gasteiger partial charge in [0, 0.05) is 12.3 Å². The van der Waals surface area contributed by atoms with Crippen molar-refractivity contribution in [1.82, 2.24) is 14.8 Å². The first-order chi connectivity index (χ1) is 6.79. The van der Waals surface area contributed by atoms with Gasteiger partial charge in [0.2, 0.25) is 5.88 Å². The molecule has 0 radical (unpaired) electrons. The van der Waals surface area contributed by atoms with Gasteiger partial charge in [0.1, 0.15) is 0 Å². The number of aromatic nitrogens is 3. The first kappa shape index (κ1) is 8.68. The van der Waals surface area contributed by atoms with Crippen molar-refractivity contribution in [3.8, 4) is 11.6 Å². The molecule has 0 bridgehead atoms. The zero-order valence-corrected chi connectivity index (χ0v) is 7.51. The molecule has 0 amide bonds. The van der Waals surface area contributed by atoms with Crippen LogP contribution in [0.5, 0.6) is 5.88 Å². The van der Waals surface area contributed by atoms with Gasteiger partial charge in [-0.1, -0.05) is 0 Å². The maximum Gasteiger partial charge on any atom is 0.215 e. The van der Waals surface area contributed by atoms with E-state index in [1.54, 1.807) is 18.3 Å². The summed E-state index contributed by atoms with van der Waals surface area (Å²) in [7, 11) is 1.52. The Balaban J connectivity index is 2.41. The molecule has 0 spiro atoms. The fourth-order valence-electron chi connectivity index (χ4n) is 1.10. The molecule has 0 aliphatic heterocycles. The number of hydrogen-bond acceptors (Lipinski definition) is 3. The number of pyridine rings is 1. The predicted molar refractivity (Wildman–Crippen MR) is 47.9 cm³/mol. The molecule has 0 aliphatic rings. The Bertz CT molecular complexity index is 441. The summed E-state index contributed by atoms with van der Waals surface area (Å²) in [6, 6.07) is 3.39. The Hall–Kier alpha value is -1.91. The molecule has 0 N–H and O–H groups in total. The van der Waals surface area contributed by atoms with Crippen LogP contribution in [0, 0.1) is 5.82 Å². The highest BCUT2D eigenvalue weighted by Crippen LogP contribution is 2.12. The third-order valence-corrected chi connectivity index (χ3v) is 1.74. The number of rotatable bonds is 2. The zero-order valence-electron chi connectivity index (χ0n) is 7.51. The van der Waals surface area contributed by atoms with E-state index in [0.29, 0.717) is 11.6 Å². The highest BCUT2D eigenvalue weighted by molar-refractivity contribution is 5.33. The van der Waals surface area contributed by atoms with Crippen LogP contribution < -0.4 is 4.74 Å². The van der Waals surface area contributed by atoms with Gasteiger partial charge in [0.05, 0.1) is 25.2 Å². The molecule has 5 heteroatoms. The van der Waals surface area contributed by atoms with Gasteiger partial charge in [-0.3, -0.25) is 0 Å². The Morgan fingerprint density at radius 1 is 1.50 bits per heavy atom. The molecule has 72 valence electrons. The smallest absolute Gasteiger partial charge is 0.215 e. The van der Waals surface area contributed by atoms with Gasteiger partial charge in [-0.25, -0.2) is 14.1 Å². The lowest BCUT2D eigenvalue weighted by atomic mass is 10.4. The van der Waals surface area contributed by atoms with Gasteiger partial charge in [-0.15, -0.1) is 0 Å². The average Bonchev–Trinajstić information content (AvgIpc) is 2.65. The van der Waals surface area contributed by atoms with E-state index in [4.69, 9.17) is 4.74 Å². The minimum Gasteiger partial charge on any atom is -0.481 e. The summed E-state index contributed by atoms with van der Waals surface area (Å²) in [5.41, 5.74) is 0.709. The SMILES string of the molecule is COc1cc(-n2cc(F)cn2)ccn1. The fourth-order valence-corrected chi connectivity index (χ4v) is 1.10. The van der Waals surface area contributed by atoms with Gasteiger partial charge in [0.15, 0.2) is 5.82 Å². The first-order valence-corrected chi connectivity index (χ1v) is 4.00. The third kappa shape index (κ3) is 1.56. The molecule has 2 heterocycles. The molecule has 0 atom stereocenters. The molecule has 4 nitrogen and oxygen atoms in total. The van der Waals surface area contributed by atoms with Crippen LogP contribution in [0.1, 0.15) is 0 Å². The van der Waals surface area contributed by atoms with Crippen LogP contribution >= 0.6 is 0 Å². The van der Waals surface area contributed by atoms with Crippen molar-refractivity contribution in [2.24, 2.45) is 0 Å². The van der Waals surface area contributed by atoms with Crippen molar-refractivity contribution in [2.75, 3.05) is 7.11 Å². The van der Waals surface area contributed by atoms with Crippen molar-refractivity contribution >= 4 is 0 Å². The van der Waals surface area contributed by atoms with Crippen LogP contribution in [0.2, 0.25) is 0 Å². The van der Waals surface area contributed by atoms with Crippen molar-refractivity contribution in [1.29, 1.82) is 0 Å². The van der Waals surface area contributed by atoms with Crippen LogP contribution in [-0.2, 0) is 0 Å². The molecule has 0 unspecified atom stereocenters. The average molecular weight is 193 g/mol. The maximum atomic E-state index is 12.7. The maximum absolute atomic E-state index is 12.7. The zero-order chi connectivity index (χ0) is 9.97. The topological polar surface area (TPSA) is 39.9 Å². The molecule has 0 saturated heterocycles. The standard InChI is InChI=1S/C9H8FN3O/c1-14-9-4-8(2-3-11-9)13-6-7(10)5-12-13/h2-6H,1H3. The Morgan fingerprint density at radius 2 is 2.36 bits per heavy atom. The fraction of sp³-hybridized carbons (Fsp3) is 0.111. The summed E-state index contributed by atoms with van der Waals surface area (Å²) in [5.74, 6) is 0.0965. The number of ether oxygens (including phenoxy) is 1. The summed E-state index contributed by atoms with van der Waals surface area (Å²) >= 11 is 0. The molecule has 0 saturated carbocycles. The molecule has 0 fully saturated rings.